The van der Waals surface area contributed by atoms with E-state index in [1.54, 1.807) is 0 Å². The number of Topliss-reactive ketones (excluding diaryl/α,β-unsaturated/α-hetero) is 1. The normalized spacial score (nSPS) is 20.5. The summed E-state index contributed by atoms with van der Waals surface area (Å²) < 4.78 is 1.02. The molecule has 2 rings (SSSR count). The number of carbonyl (C=O) groups excluding carboxylic acids is 1. The quantitative estimate of drug-likeness (QED) is 0.835. The number of aryl methyl sites for hydroxylation is 1. The summed E-state index contributed by atoms with van der Waals surface area (Å²) in [5.41, 5.74) is 1.89. The molecule has 3 heteroatoms. The molecule has 0 amide bonds. The molecule has 1 atom stereocenters. The van der Waals surface area contributed by atoms with E-state index in [0.717, 1.165) is 35.0 Å². The lowest BCUT2D eigenvalue weighted by Gasteiger charge is -2.11. The SMILES string of the molecule is Cc1cc(Br)ccc1C(=O)C1CCCN1. The molecule has 1 aromatic carbocycles. The highest BCUT2D eigenvalue weighted by Gasteiger charge is 2.24. The summed E-state index contributed by atoms with van der Waals surface area (Å²) in [6.45, 7) is 2.94. The van der Waals surface area contributed by atoms with E-state index in [1.807, 2.05) is 25.1 Å². The standard InChI is InChI=1S/C12H14BrNO/c1-8-7-9(13)4-5-10(8)12(15)11-3-2-6-14-11/h4-5,7,11,14H,2-3,6H2,1H3. The average Bonchev–Trinajstić information content (AvgIpc) is 2.69. The van der Waals surface area contributed by atoms with Crippen molar-refractivity contribution in [1.29, 1.82) is 0 Å². The van der Waals surface area contributed by atoms with Gasteiger partial charge >= 0.3 is 0 Å². The van der Waals surface area contributed by atoms with E-state index in [2.05, 4.69) is 21.2 Å². The van der Waals surface area contributed by atoms with Crippen LogP contribution in [0.2, 0.25) is 0 Å². The van der Waals surface area contributed by atoms with Crippen molar-refractivity contribution >= 4 is 21.7 Å². The smallest absolute Gasteiger partial charge is 0.179 e. The maximum atomic E-state index is 12.1. The molecule has 1 fully saturated rings. The van der Waals surface area contributed by atoms with Crippen LogP contribution in [0.25, 0.3) is 0 Å². The van der Waals surface area contributed by atoms with E-state index in [0.29, 0.717) is 0 Å². The monoisotopic (exact) mass is 267 g/mol. The average molecular weight is 268 g/mol. The van der Waals surface area contributed by atoms with E-state index >= 15 is 0 Å². The summed E-state index contributed by atoms with van der Waals surface area (Å²) in [5.74, 6) is 0.234. The Hall–Kier alpha value is -0.670. The predicted molar refractivity (Wildman–Crippen MR) is 64.2 cm³/mol. The molecule has 15 heavy (non-hydrogen) atoms. The van der Waals surface area contributed by atoms with Gasteiger partial charge in [0.2, 0.25) is 0 Å². The molecule has 0 aromatic heterocycles. The predicted octanol–water partition coefficient (Wildman–Crippen LogP) is 2.69. The van der Waals surface area contributed by atoms with Crippen LogP contribution in [0, 0.1) is 6.92 Å². The van der Waals surface area contributed by atoms with E-state index in [9.17, 15) is 4.79 Å². The van der Waals surface area contributed by atoms with E-state index < -0.39 is 0 Å². The van der Waals surface area contributed by atoms with Crippen LogP contribution in [0.4, 0.5) is 0 Å². The molecule has 0 bridgehead atoms. The second kappa shape index (κ2) is 4.45. The molecule has 0 aliphatic carbocycles. The van der Waals surface area contributed by atoms with E-state index in [-0.39, 0.29) is 11.8 Å². The molecule has 1 heterocycles. The number of hydrogen-bond acceptors (Lipinski definition) is 2. The van der Waals surface area contributed by atoms with Crippen LogP contribution < -0.4 is 5.32 Å². The molecule has 1 N–H and O–H groups in total. The second-order valence-corrected chi connectivity index (χ2v) is 4.89. The van der Waals surface area contributed by atoms with Crippen LogP contribution in [-0.4, -0.2) is 18.4 Å². The van der Waals surface area contributed by atoms with Crippen LogP contribution in [0.15, 0.2) is 22.7 Å². The number of benzene rings is 1. The maximum absolute atomic E-state index is 12.1. The third-order valence-electron chi connectivity index (χ3n) is 2.83. The minimum absolute atomic E-state index is 0.0323. The molecular formula is C12H14BrNO. The van der Waals surface area contributed by atoms with Gasteiger partial charge in [-0.3, -0.25) is 4.79 Å². The van der Waals surface area contributed by atoms with Crippen molar-refractivity contribution in [3.05, 3.63) is 33.8 Å². The minimum atomic E-state index is 0.0323. The van der Waals surface area contributed by atoms with Gasteiger partial charge in [0, 0.05) is 10.0 Å². The van der Waals surface area contributed by atoms with Crippen LogP contribution >= 0.6 is 15.9 Å². The molecule has 1 saturated heterocycles. The van der Waals surface area contributed by atoms with Crippen LogP contribution in [0.1, 0.15) is 28.8 Å². The Kier molecular flexibility index (Phi) is 3.22. The van der Waals surface area contributed by atoms with E-state index in [4.69, 9.17) is 0 Å². The molecule has 0 spiro atoms. The summed E-state index contributed by atoms with van der Waals surface area (Å²) in [6.07, 6.45) is 2.07. The van der Waals surface area contributed by atoms with Crippen molar-refractivity contribution in [1.82, 2.24) is 5.32 Å². The number of hydrogen-bond donors (Lipinski definition) is 1. The van der Waals surface area contributed by atoms with Gasteiger partial charge in [-0.1, -0.05) is 15.9 Å². The molecule has 2 nitrogen and oxygen atoms in total. The first-order valence-corrected chi connectivity index (χ1v) is 6.01. The first kappa shape index (κ1) is 10.8. The van der Waals surface area contributed by atoms with Crippen LogP contribution in [0.3, 0.4) is 0 Å². The fraction of sp³-hybridized carbons (Fsp3) is 0.417. The van der Waals surface area contributed by atoms with Gasteiger partial charge in [0.25, 0.3) is 0 Å². The molecule has 1 aliphatic heterocycles. The molecule has 80 valence electrons. The van der Waals surface area contributed by atoms with Crippen molar-refractivity contribution in [2.45, 2.75) is 25.8 Å². The van der Waals surface area contributed by atoms with Crippen LogP contribution in [-0.2, 0) is 0 Å². The first-order valence-electron chi connectivity index (χ1n) is 5.22. The first-order chi connectivity index (χ1) is 7.18. The Morgan fingerprint density at radius 3 is 2.93 bits per heavy atom. The highest BCUT2D eigenvalue weighted by atomic mass is 79.9. The topological polar surface area (TPSA) is 29.1 Å². The largest absolute Gasteiger partial charge is 0.307 e. The van der Waals surface area contributed by atoms with Gasteiger partial charge in [-0.2, -0.15) is 0 Å². The van der Waals surface area contributed by atoms with Crippen molar-refractivity contribution in [3.8, 4) is 0 Å². The third-order valence-corrected chi connectivity index (χ3v) is 3.32. The Balaban J connectivity index is 2.24. The summed E-state index contributed by atoms with van der Waals surface area (Å²) >= 11 is 3.40. The fourth-order valence-corrected chi connectivity index (χ4v) is 2.48. The number of halogens is 1. The van der Waals surface area contributed by atoms with Gasteiger partial charge in [-0.25, -0.2) is 0 Å². The maximum Gasteiger partial charge on any atom is 0.179 e. The number of ketones is 1. The zero-order valence-electron chi connectivity index (χ0n) is 8.72. The summed E-state index contributed by atoms with van der Waals surface area (Å²) in [4.78, 5) is 12.1. The third kappa shape index (κ3) is 2.29. The molecule has 1 aromatic rings. The molecular weight excluding hydrogens is 254 g/mol. The summed E-state index contributed by atoms with van der Waals surface area (Å²) in [6, 6.07) is 5.85. The number of rotatable bonds is 2. The Morgan fingerprint density at radius 2 is 2.33 bits per heavy atom. The lowest BCUT2D eigenvalue weighted by atomic mass is 9.99. The molecule has 1 aliphatic rings. The molecule has 1 unspecified atom stereocenters. The zero-order chi connectivity index (χ0) is 10.8. The van der Waals surface area contributed by atoms with Crippen molar-refractivity contribution in [2.24, 2.45) is 0 Å². The van der Waals surface area contributed by atoms with Gasteiger partial charge in [-0.15, -0.1) is 0 Å². The summed E-state index contributed by atoms with van der Waals surface area (Å²) in [7, 11) is 0. The highest BCUT2D eigenvalue weighted by molar-refractivity contribution is 9.10. The van der Waals surface area contributed by atoms with Gasteiger partial charge in [-0.05, 0) is 50.1 Å². The Morgan fingerprint density at radius 1 is 1.53 bits per heavy atom. The van der Waals surface area contributed by atoms with Gasteiger partial charge < -0.3 is 5.32 Å². The van der Waals surface area contributed by atoms with Crippen LogP contribution in [0.5, 0.6) is 0 Å². The highest BCUT2D eigenvalue weighted by Crippen LogP contribution is 2.19. The molecule has 0 radical (unpaired) electrons. The van der Waals surface area contributed by atoms with Gasteiger partial charge in [0.1, 0.15) is 0 Å². The minimum Gasteiger partial charge on any atom is -0.307 e. The van der Waals surface area contributed by atoms with Gasteiger partial charge in [0.05, 0.1) is 6.04 Å². The van der Waals surface area contributed by atoms with Gasteiger partial charge in [0.15, 0.2) is 5.78 Å². The zero-order valence-corrected chi connectivity index (χ0v) is 10.3. The Bertz CT molecular complexity index is 383. The lowest BCUT2D eigenvalue weighted by molar-refractivity contribution is 0.0951. The summed E-state index contributed by atoms with van der Waals surface area (Å²) in [5, 5.41) is 3.24. The number of nitrogens with one attached hydrogen (secondary N) is 1. The molecule has 0 saturated carbocycles. The Labute approximate surface area is 98.2 Å². The second-order valence-electron chi connectivity index (χ2n) is 3.97. The van der Waals surface area contributed by atoms with Crippen molar-refractivity contribution < 1.29 is 4.79 Å². The number of carbonyl (C=O) groups is 1. The lowest BCUT2D eigenvalue weighted by Crippen LogP contribution is -2.31. The van der Waals surface area contributed by atoms with Crippen molar-refractivity contribution in [3.63, 3.8) is 0 Å². The fourth-order valence-electron chi connectivity index (χ4n) is 2.00. The van der Waals surface area contributed by atoms with E-state index in [1.165, 1.54) is 0 Å². The van der Waals surface area contributed by atoms with Crippen molar-refractivity contribution in [2.75, 3.05) is 6.54 Å².